The number of nitrogens with one attached hydrogen (secondary N) is 1. The molecule has 1 aromatic rings. The van der Waals surface area contributed by atoms with Gasteiger partial charge in [0.25, 0.3) is 5.91 Å². The van der Waals surface area contributed by atoms with E-state index in [0.717, 1.165) is 49.3 Å². The van der Waals surface area contributed by atoms with Crippen LogP contribution in [0.3, 0.4) is 0 Å². The van der Waals surface area contributed by atoms with Gasteiger partial charge in [0.05, 0.1) is 11.3 Å². The van der Waals surface area contributed by atoms with Gasteiger partial charge in [0, 0.05) is 18.8 Å². The van der Waals surface area contributed by atoms with Gasteiger partial charge >= 0.3 is 0 Å². The van der Waals surface area contributed by atoms with Crippen LogP contribution in [0.2, 0.25) is 0 Å². The monoisotopic (exact) mass is 249 g/mol. The fraction of sp³-hybridized carbons (Fsp3) is 0.714. The minimum absolute atomic E-state index is 0.141. The van der Waals surface area contributed by atoms with E-state index in [1.165, 1.54) is 0 Å². The van der Waals surface area contributed by atoms with Crippen LogP contribution in [0.4, 0.5) is 0 Å². The van der Waals surface area contributed by atoms with Gasteiger partial charge in [-0.15, -0.1) is 0 Å². The number of aromatic amines is 1. The number of H-pyrrole nitrogens is 1. The minimum Gasteiger partial charge on any atom is -0.338 e. The van der Waals surface area contributed by atoms with Crippen molar-refractivity contribution in [1.82, 2.24) is 15.1 Å². The number of rotatable bonds is 3. The lowest BCUT2D eigenvalue weighted by Gasteiger charge is -2.26. The van der Waals surface area contributed by atoms with Crippen molar-refractivity contribution in [3.8, 4) is 0 Å². The third-order valence-corrected chi connectivity index (χ3v) is 4.57. The summed E-state index contributed by atoms with van der Waals surface area (Å²) in [5.74, 6) is 0.141. The lowest BCUT2D eigenvalue weighted by molar-refractivity contribution is 0.0768. The summed E-state index contributed by atoms with van der Waals surface area (Å²) in [6, 6.07) is 0. The van der Waals surface area contributed by atoms with Crippen LogP contribution in [0.25, 0.3) is 0 Å². The zero-order valence-electron chi connectivity index (χ0n) is 11.8. The molecule has 1 N–H and O–H groups in total. The van der Waals surface area contributed by atoms with Gasteiger partial charge in [0.2, 0.25) is 0 Å². The van der Waals surface area contributed by atoms with Gasteiger partial charge in [0.15, 0.2) is 0 Å². The number of likely N-dealkylation sites (tertiary alicyclic amines) is 1. The number of amides is 1. The van der Waals surface area contributed by atoms with Crippen molar-refractivity contribution in [2.45, 2.75) is 47.0 Å². The normalized spacial score (nSPS) is 18.3. The Bertz CT molecular complexity index is 426. The number of carbonyl (C=O) groups excluding carboxylic acids is 1. The van der Waals surface area contributed by atoms with E-state index in [9.17, 15) is 4.79 Å². The van der Waals surface area contributed by atoms with E-state index in [2.05, 4.69) is 24.0 Å². The third-order valence-electron chi connectivity index (χ3n) is 4.57. The Balaban J connectivity index is 2.18. The first-order valence-electron chi connectivity index (χ1n) is 6.84. The Hall–Kier alpha value is -1.32. The van der Waals surface area contributed by atoms with Crippen molar-refractivity contribution < 1.29 is 4.79 Å². The first-order valence-corrected chi connectivity index (χ1v) is 6.84. The molecule has 0 atom stereocenters. The predicted octanol–water partition coefficient (Wildman–Crippen LogP) is 2.68. The van der Waals surface area contributed by atoms with Gasteiger partial charge in [-0.3, -0.25) is 9.89 Å². The molecule has 4 heteroatoms. The molecule has 1 saturated heterocycles. The highest BCUT2D eigenvalue weighted by Crippen LogP contribution is 2.37. The molecule has 0 aromatic carbocycles. The molecule has 2 heterocycles. The SMILES string of the molecule is CCC1(CC)CCN(C(=O)c2c(C)n[nH]c2C)C1. The maximum absolute atomic E-state index is 12.5. The number of carbonyl (C=O) groups is 1. The maximum atomic E-state index is 12.5. The molecule has 0 saturated carbocycles. The summed E-state index contributed by atoms with van der Waals surface area (Å²) in [7, 11) is 0. The molecule has 0 radical (unpaired) electrons. The fourth-order valence-electron chi connectivity index (χ4n) is 2.96. The van der Waals surface area contributed by atoms with Gasteiger partial charge in [-0.1, -0.05) is 13.8 Å². The summed E-state index contributed by atoms with van der Waals surface area (Å²) >= 11 is 0. The Kier molecular flexibility index (Phi) is 3.46. The molecule has 0 unspecified atom stereocenters. The van der Waals surface area contributed by atoms with E-state index in [1.807, 2.05) is 18.7 Å². The summed E-state index contributed by atoms with van der Waals surface area (Å²) in [5, 5.41) is 7.01. The van der Waals surface area contributed by atoms with Gasteiger partial charge in [-0.25, -0.2) is 0 Å². The van der Waals surface area contributed by atoms with Crippen LogP contribution >= 0.6 is 0 Å². The molecule has 1 amide bonds. The smallest absolute Gasteiger partial charge is 0.257 e. The molecule has 0 bridgehead atoms. The highest BCUT2D eigenvalue weighted by atomic mass is 16.2. The van der Waals surface area contributed by atoms with E-state index < -0.39 is 0 Å². The zero-order valence-corrected chi connectivity index (χ0v) is 11.8. The van der Waals surface area contributed by atoms with Crippen molar-refractivity contribution >= 4 is 5.91 Å². The summed E-state index contributed by atoms with van der Waals surface area (Å²) in [6.45, 7) is 10.0. The third kappa shape index (κ3) is 2.04. The largest absolute Gasteiger partial charge is 0.338 e. The molecule has 18 heavy (non-hydrogen) atoms. The predicted molar refractivity (Wildman–Crippen MR) is 71.6 cm³/mol. The average Bonchev–Trinajstić information content (AvgIpc) is 2.94. The van der Waals surface area contributed by atoms with Crippen LogP contribution in [0, 0.1) is 19.3 Å². The minimum atomic E-state index is 0.141. The summed E-state index contributed by atoms with van der Waals surface area (Å²) in [4.78, 5) is 14.5. The lowest BCUT2D eigenvalue weighted by atomic mass is 9.82. The molecule has 1 fully saturated rings. The maximum Gasteiger partial charge on any atom is 0.257 e. The van der Waals surface area contributed by atoms with E-state index in [4.69, 9.17) is 0 Å². The number of hydrogen-bond donors (Lipinski definition) is 1. The Morgan fingerprint density at radius 2 is 2.06 bits per heavy atom. The number of aromatic nitrogens is 2. The van der Waals surface area contributed by atoms with Crippen molar-refractivity contribution in [1.29, 1.82) is 0 Å². The molecular formula is C14H23N3O. The molecule has 4 nitrogen and oxygen atoms in total. The van der Waals surface area contributed by atoms with Crippen LogP contribution < -0.4 is 0 Å². The van der Waals surface area contributed by atoms with Gasteiger partial charge < -0.3 is 4.90 Å². The fourth-order valence-corrected chi connectivity index (χ4v) is 2.96. The second-order valence-corrected chi connectivity index (χ2v) is 5.49. The molecule has 1 aliphatic heterocycles. The lowest BCUT2D eigenvalue weighted by Crippen LogP contribution is -2.32. The van der Waals surface area contributed by atoms with Gasteiger partial charge in [-0.05, 0) is 38.5 Å². The van der Waals surface area contributed by atoms with Gasteiger partial charge in [-0.2, -0.15) is 5.10 Å². The van der Waals surface area contributed by atoms with Crippen molar-refractivity contribution in [2.75, 3.05) is 13.1 Å². The van der Waals surface area contributed by atoms with Crippen LogP contribution in [0.1, 0.15) is 54.9 Å². The molecule has 0 spiro atoms. The van der Waals surface area contributed by atoms with Crippen molar-refractivity contribution in [3.05, 3.63) is 17.0 Å². The summed E-state index contributed by atoms with van der Waals surface area (Å²) in [5.41, 5.74) is 2.78. The van der Waals surface area contributed by atoms with Crippen LogP contribution in [-0.4, -0.2) is 34.1 Å². The molecule has 1 aliphatic rings. The van der Waals surface area contributed by atoms with Crippen molar-refractivity contribution in [3.63, 3.8) is 0 Å². The summed E-state index contributed by atoms with van der Waals surface area (Å²) in [6.07, 6.45) is 3.43. The van der Waals surface area contributed by atoms with E-state index in [1.54, 1.807) is 0 Å². The molecule has 0 aliphatic carbocycles. The number of hydrogen-bond acceptors (Lipinski definition) is 2. The van der Waals surface area contributed by atoms with Crippen LogP contribution in [-0.2, 0) is 0 Å². The van der Waals surface area contributed by atoms with E-state index >= 15 is 0 Å². The molecule has 100 valence electrons. The van der Waals surface area contributed by atoms with Gasteiger partial charge in [0.1, 0.15) is 0 Å². The molecule has 2 rings (SSSR count). The molecular weight excluding hydrogens is 226 g/mol. The van der Waals surface area contributed by atoms with E-state index in [0.29, 0.717) is 5.41 Å². The standard InChI is InChI=1S/C14H23N3O/c1-5-14(6-2)7-8-17(9-14)13(18)12-10(3)15-16-11(12)4/h5-9H2,1-4H3,(H,15,16). The Labute approximate surface area is 109 Å². The van der Waals surface area contributed by atoms with Crippen LogP contribution in [0.5, 0.6) is 0 Å². The Morgan fingerprint density at radius 1 is 1.39 bits per heavy atom. The quantitative estimate of drug-likeness (QED) is 0.895. The number of nitrogens with zero attached hydrogens (tertiary/aromatic N) is 2. The highest BCUT2D eigenvalue weighted by Gasteiger charge is 2.38. The topological polar surface area (TPSA) is 49.0 Å². The first-order chi connectivity index (χ1) is 8.53. The average molecular weight is 249 g/mol. The zero-order chi connectivity index (χ0) is 13.3. The molecule has 1 aromatic heterocycles. The number of aryl methyl sites for hydroxylation is 2. The first kappa shape index (κ1) is 13.1. The Morgan fingerprint density at radius 3 is 2.50 bits per heavy atom. The van der Waals surface area contributed by atoms with Crippen LogP contribution in [0.15, 0.2) is 0 Å². The highest BCUT2D eigenvalue weighted by molar-refractivity contribution is 5.96. The summed E-state index contributed by atoms with van der Waals surface area (Å²) < 4.78 is 0. The van der Waals surface area contributed by atoms with Crippen molar-refractivity contribution in [2.24, 2.45) is 5.41 Å². The second kappa shape index (κ2) is 4.75. The second-order valence-electron chi connectivity index (χ2n) is 5.49. The van der Waals surface area contributed by atoms with E-state index in [-0.39, 0.29) is 5.91 Å².